The molecule has 0 atom stereocenters. The van der Waals surface area contributed by atoms with Crippen LogP contribution in [0.4, 0.5) is 5.13 Å². The lowest BCUT2D eigenvalue weighted by Crippen LogP contribution is -2.35. The third-order valence-corrected chi connectivity index (χ3v) is 8.21. The van der Waals surface area contributed by atoms with Crippen molar-refractivity contribution in [2.45, 2.75) is 39.0 Å². The van der Waals surface area contributed by atoms with Crippen LogP contribution < -0.4 is 14.8 Å². The topological polar surface area (TPSA) is 93.7 Å². The number of nitrogens with one attached hydrogen (secondary N) is 1. The van der Waals surface area contributed by atoms with Gasteiger partial charge in [0.1, 0.15) is 5.01 Å². The highest BCUT2D eigenvalue weighted by Crippen LogP contribution is 2.29. The number of hydrogen-bond donors (Lipinski definition) is 1. The van der Waals surface area contributed by atoms with Crippen LogP contribution in [0.25, 0.3) is 10.6 Å². The van der Waals surface area contributed by atoms with Crippen LogP contribution in [0.2, 0.25) is 0 Å². The van der Waals surface area contributed by atoms with Crippen molar-refractivity contribution in [3.8, 4) is 22.1 Å². The van der Waals surface area contributed by atoms with Gasteiger partial charge in [0, 0.05) is 35.1 Å². The van der Waals surface area contributed by atoms with Gasteiger partial charge in [0.15, 0.2) is 11.5 Å². The van der Waals surface area contributed by atoms with E-state index in [4.69, 9.17) is 9.47 Å². The number of aromatic nitrogens is 2. The molecule has 0 saturated carbocycles. The van der Waals surface area contributed by atoms with Crippen molar-refractivity contribution >= 4 is 44.2 Å². The van der Waals surface area contributed by atoms with Crippen molar-refractivity contribution in [1.29, 1.82) is 0 Å². The van der Waals surface area contributed by atoms with E-state index in [2.05, 4.69) is 38.4 Å². The van der Waals surface area contributed by atoms with Gasteiger partial charge in [-0.25, -0.2) is 0 Å². The lowest BCUT2D eigenvalue weighted by atomic mass is 10.1. The molecule has 0 unspecified atom stereocenters. The molecule has 0 fully saturated rings. The summed E-state index contributed by atoms with van der Waals surface area (Å²) in [5, 5.41) is 12.3. The number of carbonyl (C=O) groups excluding carboxylic acids is 2. The summed E-state index contributed by atoms with van der Waals surface area (Å²) in [5.41, 5.74) is 3.73. The fourth-order valence-corrected chi connectivity index (χ4v) is 5.42. The number of benzene rings is 3. The van der Waals surface area contributed by atoms with E-state index in [0.29, 0.717) is 40.2 Å². The number of halogens is 1. The van der Waals surface area contributed by atoms with Crippen LogP contribution in [0.1, 0.15) is 47.7 Å². The van der Waals surface area contributed by atoms with E-state index >= 15 is 0 Å². The maximum absolute atomic E-state index is 13.6. The van der Waals surface area contributed by atoms with Gasteiger partial charge in [0.25, 0.3) is 5.91 Å². The van der Waals surface area contributed by atoms with Crippen molar-refractivity contribution in [2.75, 3.05) is 32.6 Å². The molecule has 0 aliphatic heterocycles. The average Bonchev–Trinajstić information content (AvgIpc) is 3.48. The molecule has 42 heavy (non-hydrogen) atoms. The van der Waals surface area contributed by atoms with Crippen LogP contribution in [-0.4, -0.2) is 54.2 Å². The Bertz CT molecular complexity index is 1470. The molecule has 1 heterocycles. The first-order valence-electron chi connectivity index (χ1n) is 13.9. The summed E-state index contributed by atoms with van der Waals surface area (Å²) in [4.78, 5) is 28.2. The predicted molar refractivity (Wildman–Crippen MR) is 170 cm³/mol. The minimum absolute atomic E-state index is 0.112. The summed E-state index contributed by atoms with van der Waals surface area (Å²) < 4.78 is 11.8. The summed E-state index contributed by atoms with van der Waals surface area (Å²) in [6.07, 6.45) is 3.94. The molecule has 0 aliphatic carbocycles. The lowest BCUT2D eigenvalue weighted by molar-refractivity contribution is -0.116. The minimum Gasteiger partial charge on any atom is -0.493 e. The number of amides is 2. The van der Waals surface area contributed by atoms with E-state index in [1.807, 2.05) is 66.7 Å². The Kier molecular flexibility index (Phi) is 11.5. The number of ether oxygens (including phenoxy) is 2. The van der Waals surface area contributed by atoms with E-state index in [0.717, 1.165) is 34.9 Å². The predicted octanol–water partition coefficient (Wildman–Crippen LogP) is 7.04. The lowest BCUT2D eigenvalue weighted by Gasteiger charge is -2.23. The van der Waals surface area contributed by atoms with Gasteiger partial charge in [0.2, 0.25) is 11.0 Å². The second-order valence-corrected chi connectivity index (χ2v) is 11.6. The molecule has 0 aliphatic rings. The largest absolute Gasteiger partial charge is 0.493 e. The van der Waals surface area contributed by atoms with E-state index in [-0.39, 0.29) is 24.8 Å². The van der Waals surface area contributed by atoms with Gasteiger partial charge in [-0.1, -0.05) is 70.9 Å². The zero-order valence-corrected chi connectivity index (χ0v) is 26.5. The third kappa shape index (κ3) is 8.62. The number of hydrogen-bond acceptors (Lipinski definition) is 7. The Balaban J connectivity index is 1.43. The number of anilines is 1. The van der Waals surface area contributed by atoms with Gasteiger partial charge in [0.05, 0.1) is 14.2 Å². The Morgan fingerprint density at radius 1 is 0.881 bits per heavy atom. The molecule has 4 rings (SSSR count). The number of methoxy groups -OCH3 is 2. The fraction of sp³-hybridized carbons (Fsp3) is 0.312. The van der Waals surface area contributed by atoms with Crippen LogP contribution in [0.15, 0.2) is 71.2 Å². The summed E-state index contributed by atoms with van der Waals surface area (Å²) in [6, 6.07) is 21.2. The zero-order valence-electron chi connectivity index (χ0n) is 24.1. The summed E-state index contributed by atoms with van der Waals surface area (Å²) in [7, 11) is 3.19. The molecule has 2 amide bonds. The molecule has 8 nitrogen and oxygen atoms in total. The summed E-state index contributed by atoms with van der Waals surface area (Å²) in [5.74, 6) is 0.939. The Labute approximate surface area is 259 Å². The van der Waals surface area contributed by atoms with E-state index in [1.165, 1.54) is 16.9 Å². The smallest absolute Gasteiger partial charge is 0.253 e. The van der Waals surface area contributed by atoms with Gasteiger partial charge < -0.3 is 19.7 Å². The first-order valence-corrected chi connectivity index (χ1v) is 15.5. The second-order valence-electron chi connectivity index (χ2n) is 9.75. The summed E-state index contributed by atoms with van der Waals surface area (Å²) >= 11 is 4.74. The number of aryl methyl sites for hydroxylation is 1. The van der Waals surface area contributed by atoms with Crippen LogP contribution >= 0.6 is 27.3 Å². The first kappa shape index (κ1) is 31.2. The van der Waals surface area contributed by atoms with Crippen molar-refractivity contribution in [2.24, 2.45) is 0 Å². The van der Waals surface area contributed by atoms with Crippen molar-refractivity contribution in [3.63, 3.8) is 0 Å². The Hall–Kier alpha value is -3.76. The maximum Gasteiger partial charge on any atom is 0.253 e. The molecule has 0 spiro atoms. The average molecular weight is 652 g/mol. The Morgan fingerprint density at radius 2 is 1.60 bits per heavy atom. The van der Waals surface area contributed by atoms with Gasteiger partial charge in [-0.15, -0.1) is 10.2 Å². The molecule has 0 saturated heterocycles. The molecule has 1 N–H and O–H groups in total. The standard InChI is InChI=1S/C32H35BrN4O4S/c1-4-5-6-22-7-10-25(11-8-22)31(39)37(19-17-23-9-16-27(40-2)28(21-23)41-3)20-18-29(38)34-32-36-35-30(42-32)24-12-14-26(33)15-13-24/h7-16,21H,4-6,17-20H2,1-3H3,(H,34,36,38). The highest BCUT2D eigenvalue weighted by Gasteiger charge is 2.19. The number of rotatable bonds is 14. The number of nitrogens with zero attached hydrogens (tertiary/aromatic N) is 3. The highest BCUT2D eigenvalue weighted by molar-refractivity contribution is 9.10. The van der Waals surface area contributed by atoms with Crippen molar-refractivity contribution in [3.05, 3.63) is 87.9 Å². The molecule has 0 radical (unpaired) electrons. The molecule has 4 aromatic rings. The SMILES string of the molecule is CCCCc1ccc(C(=O)N(CCC(=O)Nc2nnc(-c3ccc(Br)cc3)s2)CCc2ccc(OC)c(OC)c2)cc1. The second kappa shape index (κ2) is 15.5. The van der Waals surface area contributed by atoms with Gasteiger partial charge >= 0.3 is 0 Å². The first-order chi connectivity index (χ1) is 20.4. The molecule has 10 heteroatoms. The van der Waals surface area contributed by atoms with Gasteiger partial charge in [-0.05, 0) is 66.8 Å². The number of carbonyl (C=O) groups is 2. The van der Waals surface area contributed by atoms with E-state index in [1.54, 1.807) is 19.1 Å². The normalized spacial score (nSPS) is 10.8. The fourth-order valence-electron chi connectivity index (χ4n) is 4.39. The molecule has 0 bridgehead atoms. The van der Waals surface area contributed by atoms with Crippen molar-refractivity contribution < 1.29 is 19.1 Å². The van der Waals surface area contributed by atoms with Crippen molar-refractivity contribution in [1.82, 2.24) is 15.1 Å². The van der Waals surface area contributed by atoms with Crippen LogP contribution in [0.3, 0.4) is 0 Å². The monoisotopic (exact) mass is 650 g/mol. The molecule has 220 valence electrons. The molecular formula is C32H35BrN4O4S. The summed E-state index contributed by atoms with van der Waals surface area (Å²) in [6.45, 7) is 2.86. The zero-order chi connectivity index (χ0) is 29.9. The molecule has 3 aromatic carbocycles. The minimum atomic E-state index is -0.229. The molecular weight excluding hydrogens is 616 g/mol. The van der Waals surface area contributed by atoms with E-state index < -0.39 is 0 Å². The van der Waals surface area contributed by atoms with Gasteiger partial charge in [-0.3, -0.25) is 9.59 Å². The quantitative estimate of drug-likeness (QED) is 0.157. The molecule has 1 aromatic heterocycles. The van der Waals surface area contributed by atoms with E-state index in [9.17, 15) is 9.59 Å². The maximum atomic E-state index is 13.6. The van der Waals surface area contributed by atoms with Gasteiger partial charge in [-0.2, -0.15) is 0 Å². The highest BCUT2D eigenvalue weighted by atomic mass is 79.9. The Morgan fingerprint density at radius 3 is 2.29 bits per heavy atom. The number of unbranched alkanes of at least 4 members (excludes halogenated alkanes) is 1. The van der Waals surface area contributed by atoms with Crippen LogP contribution in [-0.2, 0) is 17.6 Å². The van der Waals surface area contributed by atoms with Crippen LogP contribution in [0.5, 0.6) is 11.5 Å². The third-order valence-electron chi connectivity index (χ3n) is 6.80. The van der Waals surface area contributed by atoms with Crippen LogP contribution in [0, 0.1) is 0 Å².